The zero-order chi connectivity index (χ0) is 56.7. The van der Waals surface area contributed by atoms with E-state index in [0.717, 1.165) is 56.7 Å². The van der Waals surface area contributed by atoms with E-state index in [1.807, 2.05) is 103 Å². The molecule has 0 radical (unpaired) electrons. The molecule has 7 aromatic carbocycles. The van der Waals surface area contributed by atoms with Crippen molar-refractivity contribution in [1.29, 1.82) is 10.5 Å². The Morgan fingerprint density at radius 2 is 1.38 bits per heavy atom. The molecule has 8 nitrogen and oxygen atoms in total. The first kappa shape index (κ1) is 53.3. The van der Waals surface area contributed by atoms with E-state index in [0.29, 0.717) is 47.0 Å². The van der Waals surface area contributed by atoms with Gasteiger partial charge in [-0.15, -0.1) is 0 Å². The van der Waals surface area contributed by atoms with E-state index in [-0.39, 0.29) is 17.0 Å². The Hall–Kier alpha value is -9.76. The van der Waals surface area contributed by atoms with E-state index in [1.165, 1.54) is 29.8 Å². The highest BCUT2D eigenvalue weighted by Crippen LogP contribution is 2.59. The number of halogens is 3. The van der Waals surface area contributed by atoms with Gasteiger partial charge in [0.2, 0.25) is 0 Å². The molecule has 11 heteroatoms. The van der Waals surface area contributed by atoms with Crippen molar-refractivity contribution in [3.8, 4) is 51.6 Å². The number of ether oxygens (including phenoxy) is 4. The largest absolute Gasteiger partial charge is 0.493 e. The van der Waals surface area contributed by atoms with E-state index in [1.54, 1.807) is 38.5 Å². The molecule has 400 valence electrons. The molecule has 0 saturated heterocycles. The number of benzene rings is 7. The van der Waals surface area contributed by atoms with Gasteiger partial charge in [-0.2, -0.15) is 18.4 Å². The molecular formula is C70H55F3N4O4. The first-order chi connectivity index (χ1) is 39.2. The van der Waals surface area contributed by atoms with Crippen LogP contribution in [0.5, 0.6) is 17.2 Å². The van der Waals surface area contributed by atoms with Crippen molar-refractivity contribution in [3.63, 3.8) is 0 Å². The summed E-state index contributed by atoms with van der Waals surface area (Å²) in [6, 6.07) is 57.2. The lowest BCUT2D eigenvalue weighted by atomic mass is 9.65. The quantitative estimate of drug-likeness (QED) is 0.0941. The van der Waals surface area contributed by atoms with Crippen LogP contribution in [0.25, 0.3) is 33.2 Å². The van der Waals surface area contributed by atoms with Crippen LogP contribution in [0.4, 0.5) is 24.5 Å². The Morgan fingerprint density at radius 1 is 0.741 bits per heavy atom. The van der Waals surface area contributed by atoms with E-state index in [9.17, 15) is 10.5 Å². The summed E-state index contributed by atoms with van der Waals surface area (Å²) in [5.74, 6) is 1.85. The second-order valence-corrected chi connectivity index (χ2v) is 21.3. The van der Waals surface area contributed by atoms with Crippen molar-refractivity contribution < 1.29 is 32.1 Å². The summed E-state index contributed by atoms with van der Waals surface area (Å²) in [4.78, 5) is 5.59. The number of alkyl halides is 3. The smallest absolute Gasteiger partial charge is 0.437 e. The van der Waals surface area contributed by atoms with E-state index in [4.69, 9.17) is 25.5 Å². The first-order valence-electron chi connectivity index (χ1n) is 26.6. The number of hydrogen-bond donors (Lipinski definition) is 0. The van der Waals surface area contributed by atoms with E-state index < -0.39 is 39.8 Å². The minimum Gasteiger partial charge on any atom is -0.493 e. The molecule has 2 aliphatic carbocycles. The molecule has 0 amide bonds. The van der Waals surface area contributed by atoms with E-state index >= 15 is 13.2 Å². The van der Waals surface area contributed by atoms with Crippen LogP contribution in [0.2, 0.25) is 0 Å². The lowest BCUT2D eigenvalue weighted by Crippen LogP contribution is -2.45. The Bertz CT molecular complexity index is 3900. The number of rotatable bonds is 11. The molecule has 2 heterocycles. The van der Waals surface area contributed by atoms with Crippen LogP contribution >= 0.6 is 0 Å². The third-order valence-electron chi connectivity index (χ3n) is 16.1. The van der Waals surface area contributed by atoms with Gasteiger partial charge in [-0.3, -0.25) is 0 Å². The van der Waals surface area contributed by atoms with Gasteiger partial charge < -0.3 is 23.8 Å². The molecule has 0 bridgehead atoms. The van der Waals surface area contributed by atoms with Crippen molar-refractivity contribution in [1.82, 2.24) is 0 Å². The fourth-order valence-corrected chi connectivity index (χ4v) is 12.6. The number of methoxy groups -OCH3 is 2. The van der Waals surface area contributed by atoms with Crippen LogP contribution in [0.3, 0.4) is 0 Å². The fraction of sp³-hybridized carbons (Fsp3) is 0.186. The summed E-state index contributed by atoms with van der Waals surface area (Å²) in [6.45, 7) is 14.5. The number of allylic oxidation sites excluding steroid dienone is 7. The zero-order valence-corrected chi connectivity index (χ0v) is 45.3. The highest BCUT2D eigenvalue weighted by Gasteiger charge is 2.65. The topological polar surface area (TPSA) is 92.1 Å². The Balaban J connectivity index is 1.09. The summed E-state index contributed by atoms with van der Waals surface area (Å²) >= 11 is 0. The maximum atomic E-state index is 16.3. The number of para-hydroxylation sites is 1. The first-order valence-corrected chi connectivity index (χ1v) is 26.6. The molecule has 2 unspecified atom stereocenters. The van der Waals surface area contributed by atoms with Gasteiger partial charge in [0.15, 0.2) is 17.3 Å². The molecule has 4 aliphatic rings. The van der Waals surface area contributed by atoms with Crippen LogP contribution in [0.15, 0.2) is 234 Å². The normalized spacial score (nSPS) is 19.8. The van der Waals surface area contributed by atoms with Crippen LogP contribution in [-0.2, 0) is 15.8 Å². The van der Waals surface area contributed by atoms with Gasteiger partial charge in [-0.1, -0.05) is 165 Å². The van der Waals surface area contributed by atoms with Crippen molar-refractivity contribution >= 4 is 17.5 Å². The number of nitrogens with zero attached hydrogens (tertiary/aromatic N) is 4. The Kier molecular flexibility index (Phi) is 13.9. The molecule has 7 aromatic rings. The van der Waals surface area contributed by atoms with Crippen molar-refractivity contribution in [3.05, 3.63) is 273 Å². The SMILES string of the molecule is [C-]#[N+]/C(C#N)=C1\OC(c2ccc(-c3ccccc3)cc2)(C(F)(F)F)C(/C=C/C=C2\CC3(CC(/C=C/c4ccc5c(c4)C(C)CC(C)(C)N5c4ccc(OC)c(OC)c4)=C2Oc2ccccc2)c2ccccc2-c2ccccc23)=C1C#N. The van der Waals surface area contributed by atoms with Crippen molar-refractivity contribution in [2.75, 3.05) is 19.1 Å². The molecule has 11 rings (SSSR count). The second kappa shape index (κ2) is 21.1. The summed E-state index contributed by atoms with van der Waals surface area (Å²) in [7, 11) is 3.27. The van der Waals surface area contributed by atoms with Gasteiger partial charge in [0.25, 0.3) is 5.60 Å². The average molecular weight is 1070 g/mol. The van der Waals surface area contributed by atoms with Crippen molar-refractivity contribution in [2.45, 2.75) is 68.7 Å². The van der Waals surface area contributed by atoms with Gasteiger partial charge in [0.1, 0.15) is 17.6 Å². The summed E-state index contributed by atoms with van der Waals surface area (Å²) in [5, 5.41) is 20.8. The van der Waals surface area contributed by atoms with Gasteiger partial charge in [0.05, 0.1) is 32.4 Å². The molecule has 2 aliphatic heterocycles. The number of hydrogen-bond acceptors (Lipinski definition) is 7. The molecule has 2 atom stereocenters. The Labute approximate surface area is 470 Å². The minimum absolute atomic E-state index is 0.216. The standard InChI is InChI=1S/C70H55F3N4O4/c1-45-40-67(2,3)77(52-35-37-63(78-5)64(39-52)79-6)62-36-29-46(38-56(45)62)28-30-50-42-68(58-25-15-13-23-54(58)55-24-14-16-26-59(55)68)41-49(65(50)80-53-21-11-8-12-22-53)20-17-27-60-57(43-74)66(61(44-75)76-4)81-69(60,70(71,72)73)51-33-31-48(32-34-51)47-18-9-7-10-19-47/h7-39,45H,40-42H2,1-3,5-6H3/b27-17+,30-28+,49-20+,66-61-. The minimum atomic E-state index is -5.20. The molecule has 0 aromatic heterocycles. The number of anilines is 2. The zero-order valence-electron chi connectivity index (χ0n) is 45.3. The summed E-state index contributed by atoms with van der Waals surface area (Å²) in [5.41, 5.74) is 5.16. The Morgan fingerprint density at radius 3 is 2.01 bits per heavy atom. The molecular weight excluding hydrogens is 1020 g/mol. The maximum Gasteiger partial charge on any atom is 0.437 e. The molecule has 0 saturated carbocycles. The van der Waals surface area contributed by atoms with Crippen LogP contribution in [-0.4, -0.2) is 25.9 Å². The molecule has 1 spiro atoms. The van der Waals surface area contributed by atoms with E-state index in [2.05, 4.69) is 91.2 Å². The summed E-state index contributed by atoms with van der Waals surface area (Å²) < 4.78 is 73.2. The number of fused-ring (bicyclic) bond motifs is 6. The van der Waals surface area contributed by atoms with Crippen LogP contribution in [0.1, 0.15) is 73.8 Å². The highest BCUT2D eigenvalue weighted by molar-refractivity contribution is 5.83. The predicted molar refractivity (Wildman–Crippen MR) is 310 cm³/mol. The highest BCUT2D eigenvalue weighted by atomic mass is 19.4. The predicted octanol–water partition coefficient (Wildman–Crippen LogP) is 17.3. The molecule has 81 heavy (non-hydrogen) atoms. The summed E-state index contributed by atoms with van der Waals surface area (Å²) in [6.07, 6.45) is 5.27. The fourth-order valence-electron chi connectivity index (χ4n) is 12.6. The molecule has 0 fully saturated rings. The van der Waals surface area contributed by atoms with Crippen LogP contribution in [0, 0.1) is 29.2 Å². The number of nitriles is 2. The van der Waals surface area contributed by atoms with Crippen LogP contribution < -0.4 is 19.1 Å². The van der Waals surface area contributed by atoms with Crippen molar-refractivity contribution in [2.24, 2.45) is 0 Å². The molecule has 0 N–H and O–H groups in total. The third-order valence-corrected chi connectivity index (χ3v) is 16.1. The maximum absolute atomic E-state index is 16.3. The lowest BCUT2D eigenvalue weighted by Gasteiger charge is -2.47. The lowest BCUT2D eigenvalue weighted by molar-refractivity contribution is -0.249. The van der Waals surface area contributed by atoms with Gasteiger partial charge in [0, 0.05) is 39.5 Å². The second-order valence-electron chi connectivity index (χ2n) is 21.3. The third kappa shape index (κ3) is 9.23. The monoisotopic (exact) mass is 1070 g/mol. The van der Waals surface area contributed by atoms with Gasteiger partial charge >= 0.3 is 11.9 Å². The van der Waals surface area contributed by atoms with Gasteiger partial charge in [-0.05, 0) is 131 Å². The van der Waals surface area contributed by atoms with Gasteiger partial charge in [-0.25, -0.2) is 10.1 Å². The average Bonchev–Trinajstić information content (AvgIpc) is 2.79.